The minimum absolute atomic E-state index is 0.142. The predicted octanol–water partition coefficient (Wildman–Crippen LogP) is 2.03. The Hall–Kier alpha value is -2.01. The number of hydrogen-bond acceptors (Lipinski definition) is 3. The molecule has 3 N–H and O–H groups in total. The van der Waals surface area contributed by atoms with E-state index in [2.05, 4.69) is 20.8 Å². The SMILES string of the molecule is CNC(=O)c1ccc(Cl)c(NCc2ccn[nH]2)c1. The summed E-state index contributed by atoms with van der Waals surface area (Å²) in [5.41, 5.74) is 2.22. The number of benzene rings is 1. The molecule has 1 aromatic carbocycles. The van der Waals surface area contributed by atoms with Crippen LogP contribution in [0.15, 0.2) is 30.5 Å². The van der Waals surface area contributed by atoms with E-state index in [1.165, 1.54) is 0 Å². The number of rotatable bonds is 4. The van der Waals surface area contributed by atoms with Gasteiger partial charge in [0.05, 0.1) is 22.9 Å². The molecule has 1 aromatic heterocycles. The lowest BCUT2D eigenvalue weighted by Gasteiger charge is -2.09. The van der Waals surface area contributed by atoms with Crippen LogP contribution >= 0.6 is 11.6 Å². The van der Waals surface area contributed by atoms with Crippen molar-refractivity contribution < 1.29 is 4.79 Å². The van der Waals surface area contributed by atoms with Gasteiger partial charge in [0.2, 0.25) is 0 Å². The molecule has 0 radical (unpaired) electrons. The predicted molar refractivity (Wildman–Crippen MR) is 70.8 cm³/mol. The molecule has 0 aliphatic heterocycles. The summed E-state index contributed by atoms with van der Waals surface area (Å²) in [5, 5.41) is 13.0. The zero-order valence-electron chi connectivity index (χ0n) is 9.83. The molecule has 0 aliphatic carbocycles. The molecule has 0 saturated heterocycles. The number of nitrogens with zero attached hydrogens (tertiary/aromatic N) is 1. The smallest absolute Gasteiger partial charge is 0.251 e. The third-order valence-corrected chi connectivity index (χ3v) is 2.81. The standard InChI is InChI=1S/C12H13ClN4O/c1-14-12(18)8-2-3-10(13)11(6-8)15-7-9-4-5-16-17-9/h2-6,15H,7H2,1H3,(H,14,18)(H,16,17). The van der Waals surface area contributed by atoms with E-state index in [1.54, 1.807) is 31.4 Å². The summed E-state index contributed by atoms with van der Waals surface area (Å²) in [6.07, 6.45) is 1.68. The number of hydrogen-bond donors (Lipinski definition) is 3. The second-order valence-electron chi connectivity index (χ2n) is 3.71. The zero-order chi connectivity index (χ0) is 13.0. The summed E-state index contributed by atoms with van der Waals surface area (Å²) in [6.45, 7) is 0.566. The third kappa shape index (κ3) is 2.81. The molecule has 0 bridgehead atoms. The van der Waals surface area contributed by atoms with Gasteiger partial charge in [0.1, 0.15) is 0 Å². The Balaban J connectivity index is 2.13. The van der Waals surface area contributed by atoms with E-state index >= 15 is 0 Å². The molecule has 0 unspecified atom stereocenters. The topological polar surface area (TPSA) is 69.8 Å². The molecule has 0 aliphatic rings. The largest absolute Gasteiger partial charge is 0.378 e. The first-order valence-electron chi connectivity index (χ1n) is 5.44. The minimum Gasteiger partial charge on any atom is -0.378 e. The molecule has 5 nitrogen and oxygen atoms in total. The lowest BCUT2D eigenvalue weighted by atomic mass is 10.2. The van der Waals surface area contributed by atoms with Crippen LogP contribution in [0.5, 0.6) is 0 Å². The van der Waals surface area contributed by atoms with Crippen molar-refractivity contribution >= 4 is 23.2 Å². The Bertz CT molecular complexity index is 539. The Morgan fingerprint density at radius 2 is 2.28 bits per heavy atom. The third-order valence-electron chi connectivity index (χ3n) is 2.48. The van der Waals surface area contributed by atoms with Gasteiger partial charge in [0.15, 0.2) is 0 Å². The minimum atomic E-state index is -0.142. The highest BCUT2D eigenvalue weighted by atomic mass is 35.5. The van der Waals surface area contributed by atoms with Crippen LogP contribution in [0.25, 0.3) is 0 Å². The van der Waals surface area contributed by atoms with Gasteiger partial charge in [-0.05, 0) is 24.3 Å². The molecule has 1 heterocycles. The normalized spacial score (nSPS) is 10.1. The average molecular weight is 265 g/mol. The van der Waals surface area contributed by atoms with Crippen LogP contribution in [0.4, 0.5) is 5.69 Å². The molecule has 94 valence electrons. The monoisotopic (exact) mass is 264 g/mol. The molecule has 0 saturated carbocycles. The van der Waals surface area contributed by atoms with Gasteiger partial charge in [-0.25, -0.2) is 0 Å². The number of aromatic nitrogens is 2. The Morgan fingerprint density at radius 3 is 2.94 bits per heavy atom. The van der Waals surface area contributed by atoms with E-state index in [0.29, 0.717) is 22.8 Å². The second kappa shape index (κ2) is 5.55. The first kappa shape index (κ1) is 12.4. The first-order valence-corrected chi connectivity index (χ1v) is 5.82. The summed E-state index contributed by atoms with van der Waals surface area (Å²) in [6, 6.07) is 6.96. The van der Waals surface area contributed by atoms with Gasteiger partial charge in [-0.15, -0.1) is 0 Å². The number of nitrogens with one attached hydrogen (secondary N) is 3. The van der Waals surface area contributed by atoms with Crippen molar-refractivity contribution in [2.45, 2.75) is 6.54 Å². The number of anilines is 1. The van der Waals surface area contributed by atoms with Crippen molar-refractivity contribution in [2.24, 2.45) is 0 Å². The number of carbonyl (C=O) groups excluding carboxylic acids is 1. The van der Waals surface area contributed by atoms with Crippen LogP contribution in [0, 0.1) is 0 Å². The fourth-order valence-corrected chi connectivity index (χ4v) is 1.70. The van der Waals surface area contributed by atoms with Crippen molar-refractivity contribution in [3.05, 3.63) is 46.7 Å². The van der Waals surface area contributed by atoms with Gasteiger partial charge < -0.3 is 10.6 Å². The van der Waals surface area contributed by atoms with Gasteiger partial charge in [0.25, 0.3) is 5.91 Å². The van der Waals surface area contributed by atoms with E-state index in [-0.39, 0.29) is 5.91 Å². The highest BCUT2D eigenvalue weighted by Gasteiger charge is 2.07. The highest BCUT2D eigenvalue weighted by molar-refractivity contribution is 6.33. The lowest BCUT2D eigenvalue weighted by Crippen LogP contribution is -2.17. The van der Waals surface area contributed by atoms with E-state index in [0.717, 1.165) is 5.69 Å². The second-order valence-corrected chi connectivity index (χ2v) is 4.12. The fourth-order valence-electron chi connectivity index (χ4n) is 1.52. The number of carbonyl (C=O) groups is 1. The molecule has 0 atom stereocenters. The van der Waals surface area contributed by atoms with Gasteiger partial charge in [0, 0.05) is 18.8 Å². The lowest BCUT2D eigenvalue weighted by molar-refractivity contribution is 0.0963. The maximum atomic E-state index is 11.5. The Morgan fingerprint density at radius 1 is 1.44 bits per heavy atom. The van der Waals surface area contributed by atoms with Gasteiger partial charge in [-0.1, -0.05) is 11.6 Å². The van der Waals surface area contributed by atoms with Crippen molar-refractivity contribution in [1.29, 1.82) is 0 Å². The Kier molecular flexibility index (Phi) is 3.84. The molecular weight excluding hydrogens is 252 g/mol. The van der Waals surface area contributed by atoms with Gasteiger partial charge in [-0.2, -0.15) is 5.10 Å². The zero-order valence-corrected chi connectivity index (χ0v) is 10.6. The van der Waals surface area contributed by atoms with Crippen molar-refractivity contribution in [2.75, 3.05) is 12.4 Å². The van der Waals surface area contributed by atoms with Crippen LogP contribution in [0.1, 0.15) is 16.1 Å². The van der Waals surface area contributed by atoms with Crippen molar-refractivity contribution in [3.8, 4) is 0 Å². The molecule has 18 heavy (non-hydrogen) atoms. The summed E-state index contributed by atoms with van der Waals surface area (Å²) in [7, 11) is 1.59. The molecule has 6 heteroatoms. The molecule has 2 rings (SSSR count). The molecular formula is C12H13ClN4O. The van der Waals surface area contributed by atoms with Crippen LogP contribution in [-0.4, -0.2) is 23.2 Å². The maximum Gasteiger partial charge on any atom is 0.251 e. The van der Waals surface area contributed by atoms with Crippen LogP contribution < -0.4 is 10.6 Å². The van der Waals surface area contributed by atoms with Crippen molar-refractivity contribution in [3.63, 3.8) is 0 Å². The number of amides is 1. The fraction of sp³-hybridized carbons (Fsp3) is 0.167. The van der Waals surface area contributed by atoms with Gasteiger partial charge >= 0.3 is 0 Å². The molecule has 1 amide bonds. The van der Waals surface area contributed by atoms with E-state index in [1.807, 2.05) is 6.07 Å². The van der Waals surface area contributed by atoms with Crippen LogP contribution in [-0.2, 0) is 6.54 Å². The van der Waals surface area contributed by atoms with Crippen LogP contribution in [0.2, 0.25) is 5.02 Å². The molecule has 2 aromatic rings. The van der Waals surface area contributed by atoms with E-state index < -0.39 is 0 Å². The first-order chi connectivity index (χ1) is 8.70. The number of halogens is 1. The van der Waals surface area contributed by atoms with Crippen LogP contribution in [0.3, 0.4) is 0 Å². The maximum absolute atomic E-state index is 11.5. The average Bonchev–Trinajstić information content (AvgIpc) is 2.90. The number of aromatic amines is 1. The van der Waals surface area contributed by atoms with Crippen molar-refractivity contribution in [1.82, 2.24) is 15.5 Å². The summed E-state index contributed by atoms with van der Waals surface area (Å²) in [5.74, 6) is -0.142. The summed E-state index contributed by atoms with van der Waals surface area (Å²) >= 11 is 6.06. The highest BCUT2D eigenvalue weighted by Crippen LogP contribution is 2.23. The molecule has 0 fully saturated rings. The van der Waals surface area contributed by atoms with E-state index in [9.17, 15) is 4.79 Å². The van der Waals surface area contributed by atoms with Gasteiger partial charge in [-0.3, -0.25) is 9.89 Å². The molecule has 0 spiro atoms. The van der Waals surface area contributed by atoms with E-state index in [4.69, 9.17) is 11.6 Å². The summed E-state index contributed by atoms with van der Waals surface area (Å²) in [4.78, 5) is 11.5. The quantitative estimate of drug-likeness (QED) is 0.791. The number of H-pyrrole nitrogens is 1. The Labute approximate surface area is 110 Å². The summed E-state index contributed by atoms with van der Waals surface area (Å²) < 4.78 is 0.